The Morgan fingerprint density at radius 2 is 1.76 bits per heavy atom. The Bertz CT molecular complexity index is 1040. The summed E-state index contributed by atoms with van der Waals surface area (Å²) in [5.74, 6) is -1.55. The Kier molecular flexibility index (Phi) is 7.09. The number of methoxy groups -OCH3 is 1. The fraction of sp³-hybridized carbons (Fsp3) is 0.350. The highest BCUT2D eigenvalue weighted by Gasteiger charge is 2.54. The lowest BCUT2D eigenvalue weighted by atomic mass is 9.79. The third-order valence-electron chi connectivity index (χ3n) is 4.86. The molecule has 2 aromatic carbocycles. The zero-order valence-corrected chi connectivity index (χ0v) is 18.2. The molecule has 1 aliphatic heterocycles. The summed E-state index contributed by atoms with van der Waals surface area (Å²) in [4.78, 5) is 8.27. The molecule has 1 saturated heterocycles. The predicted molar refractivity (Wildman–Crippen MR) is 107 cm³/mol. The van der Waals surface area contributed by atoms with Gasteiger partial charge in [-0.05, 0) is 47.4 Å². The number of rotatable bonds is 5. The fourth-order valence-electron chi connectivity index (χ4n) is 3.42. The quantitative estimate of drug-likeness (QED) is 0.327. The third kappa shape index (κ3) is 5.84. The number of hydroxylamine groups is 1. The zero-order chi connectivity index (χ0) is 24.6. The van der Waals surface area contributed by atoms with Crippen LogP contribution in [0.4, 0.5) is 32.0 Å². The van der Waals surface area contributed by atoms with E-state index in [1.165, 1.54) is 37.4 Å². The number of alkyl halides is 6. The number of benzene rings is 2. The molecule has 2 aromatic rings. The van der Waals surface area contributed by atoms with Gasteiger partial charge in [0.1, 0.15) is 11.4 Å². The maximum absolute atomic E-state index is 13.4. The van der Waals surface area contributed by atoms with Crippen LogP contribution in [0.3, 0.4) is 0 Å². The molecule has 0 aliphatic carbocycles. The van der Waals surface area contributed by atoms with Crippen LogP contribution in [0.15, 0.2) is 41.4 Å². The second-order valence-corrected chi connectivity index (χ2v) is 8.07. The lowest BCUT2D eigenvalue weighted by Crippen LogP contribution is -2.37. The highest BCUT2D eigenvalue weighted by molar-refractivity contribution is 6.34. The van der Waals surface area contributed by atoms with Gasteiger partial charge in [-0.2, -0.15) is 31.8 Å². The molecule has 0 saturated carbocycles. The van der Waals surface area contributed by atoms with Crippen LogP contribution in [0.2, 0.25) is 10.0 Å². The Morgan fingerprint density at radius 1 is 1.12 bits per heavy atom. The van der Waals surface area contributed by atoms with Gasteiger partial charge in [0.15, 0.2) is 6.10 Å². The van der Waals surface area contributed by atoms with Crippen molar-refractivity contribution in [3.63, 3.8) is 0 Å². The van der Waals surface area contributed by atoms with Crippen molar-refractivity contribution >= 4 is 34.8 Å². The predicted octanol–water partition coefficient (Wildman–Crippen LogP) is 5.44. The zero-order valence-electron chi connectivity index (χ0n) is 16.7. The van der Waals surface area contributed by atoms with Crippen LogP contribution in [0, 0.1) is 0 Å². The number of hydrogen-bond acceptors (Lipinski definition) is 5. The second kappa shape index (κ2) is 9.21. The highest BCUT2D eigenvalue weighted by Crippen LogP contribution is 2.46. The van der Waals surface area contributed by atoms with Crippen molar-refractivity contribution in [3.8, 4) is 5.75 Å². The second-order valence-electron chi connectivity index (χ2n) is 7.20. The minimum absolute atomic E-state index is 0.0557. The van der Waals surface area contributed by atoms with Crippen LogP contribution < -0.4 is 15.3 Å². The molecule has 0 aromatic heterocycles. The van der Waals surface area contributed by atoms with Crippen molar-refractivity contribution in [2.45, 2.75) is 36.8 Å². The molecule has 0 radical (unpaired) electrons. The van der Waals surface area contributed by atoms with Gasteiger partial charge in [-0.15, -0.1) is 0 Å². The average Bonchev–Trinajstić information content (AvgIpc) is 3.13. The fourth-order valence-corrected chi connectivity index (χ4v) is 3.95. The number of nitrogens with one attached hydrogen (secondary N) is 1. The van der Waals surface area contributed by atoms with E-state index in [-0.39, 0.29) is 32.6 Å². The summed E-state index contributed by atoms with van der Waals surface area (Å²) in [5.41, 5.74) is 0.722. The van der Waals surface area contributed by atoms with Gasteiger partial charge < -0.3 is 9.84 Å². The number of ether oxygens (including phenoxy) is 1. The first-order valence-electron chi connectivity index (χ1n) is 9.19. The molecule has 0 amide bonds. The first-order chi connectivity index (χ1) is 15.2. The first-order valence-corrected chi connectivity index (χ1v) is 9.95. The smallest absolute Gasteiger partial charge is 0.416 e. The van der Waals surface area contributed by atoms with Gasteiger partial charge in [-0.25, -0.2) is 0 Å². The first kappa shape index (κ1) is 25.4. The van der Waals surface area contributed by atoms with Crippen LogP contribution in [0.1, 0.15) is 24.0 Å². The molecule has 2 atom stereocenters. The summed E-state index contributed by atoms with van der Waals surface area (Å²) < 4.78 is 83.0. The van der Waals surface area contributed by atoms with Gasteiger partial charge in [0.25, 0.3) is 0 Å². The van der Waals surface area contributed by atoms with Crippen LogP contribution in [-0.2, 0) is 10.4 Å². The van der Waals surface area contributed by atoms with E-state index in [9.17, 15) is 31.4 Å². The normalized spacial score (nSPS) is 22.0. The minimum Gasteiger partial charge on any atom is -0.861 e. The van der Waals surface area contributed by atoms with E-state index in [0.717, 1.165) is 6.07 Å². The van der Waals surface area contributed by atoms with Crippen molar-refractivity contribution in [3.05, 3.63) is 57.6 Å². The molecule has 1 heterocycles. The van der Waals surface area contributed by atoms with E-state index in [1.54, 1.807) is 0 Å². The Labute approximate surface area is 193 Å². The molecular formula is C20H15Cl2F6N2O3-. The van der Waals surface area contributed by atoms with E-state index in [2.05, 4.69) is 10.5 Å². The highest BCUT2D eigenvalue weighted by atomic mass is 35.5. The SMILES string of the molecule is COc1ccc(C2(c3cc(Cl)cc(Cl)c3)CC(C(F)(F)F)ON2)cc1N=C([O-])CC(F)(F)F. The van der Waals surface area contributed by atoms with Crippen LogP contribution in [0.25, 0.3) is 0 Å². The minimum atomic E-state index is -4.79. The Hall–Kier alpha value is -2.21. The monoisotopic (exact) mass is 515 g/mol. The van der Waals surface area contributed by atoms with Crippen molar-refractivity contribution < 1.29 is 41.0 Å². The van der Waals surface area contributed by atoms with Crippen LogP contribution >= 0.6 is 23.2 Å². The summed E-state index contributed by atoms with van der Waals surface area (Å²) in [7, 11) is 1.20. The molecule has 0 bridgehead atoms. The summed E-state index contributed by atoms with van der Waals surface area (Å²) in [5, 5.41) is 12.0. The average molecular weight is 516 g/mol. The van der Waals surface area contributed by atoms with E-state index in [1.807, 2.05) is 0 Å². The number of aliphatic imine (C=N–C) groups is 1. The van der Waals surface area contributed by atoms with Gasteiger partial charge in [-0.1, -0.05) is 29.3 Å². The number of hydrogen-bond donors (Lipinski definition) is 1. The van der Waals surface area contributed by atoms with Crippen molar-refractivity contribution in [1.29, 1.82) is 0 Å². The molecule has 1 fully saturated rings. The van der Waals surface area contributed by atoms with Crippen molar-refractivity contribution in [2.24, 2.45) is 4.99 Å². The van der Waals surface area contributed by atoms with Gasteiger partial charge in [0.2, 0.25) is 0 Å². The maximum atomic E-state index is 13.4. The molecular weight excluding hydrogens is 501 g/mol. The summed E-state index contributed by atoms with van der Waals surface area (Å²) in [6.45, 7) is 0. The largest absolute Gasteiger partial charge is 0.861 e. The van der Waals surface area contributed by atoms with Crippen LogP contribution in [-0.4, -0.2) is 31.5 Å². The van der Waals surface area contributed by atoms with Crippen LogP contribution in [0.5, 0.6) is 5.75 Å². The summed E-state index contributed by atoms with van der Waals surface area (Å²) in [6, 6.07) is 7.91. The van der Waals surface area contributed by atoms with Gasteiger partial charge in [-0.3, -0.25) is 9.83 Å². The lowest BCUT2D eigenvalue weighted by Gasteiger charge is -2.30. The standard InChI is InChI=1S/C20H16Cl2F6N2O3/c1-32-15-3-2-10(6-14(15)29-17(31)9-19(23,24)25)18(8-16(33-30-18)20(26,27)28)11-4-12(21)7-13(22)5-11/h2-7,16,30H,8-9H2,1H3,(H,29,31)/p-1. The number of nitrogens with zero attached hydrogens (tertiary/aromatic N) is 1. The molecule has 33 heavy (non-hydrogen) atoms. The van der Waals surface area contributed by atoms with Crippen molar-refractivity contribution in [1.82, 2.24) is 5.48 Å². The molecule has 0 spiro atoms. The van der Waals surface area contributed by atoms with Gasteiger partial charge in [0.05, 0.1) is 19.1 Å². The molecule has 2 unspecified atom stereocenters. The molecule has 13 heteroatoms. The van der Waals surface area contributed by atoms with E-state index in [4.69, 9.17) is 32.8 Å². The molecule has 5 nitrogen and oxygen atoms in total. The number of halogens is 8. The lowest BCUT2D eigenvalue weighted by molar-refractivity contribution is -0.232. The van der Waals surface area contributed by atoms with Gasteiger partial charge in [0, 0.05) is 16.5 Å². The molecule has 3 rings (SSSR count). The third-order valence-corrected chi connectivity index (χ3v) is 5.29. The Balaban J connectivity index is 2.16. The molecule has 1 aliphatic rings. The van der Waals surface area contributed by atoms with Gasteiger partial charge >= 0.3 is 12.4 Å². The van der Waals surface area contributed by atoms with E-state index in [0.29, 0.717) is 0 Å². The molecule has 180 valence electrons. The topological polar surface area (TPSA) is 65.9 Å². The Morgan fingerprint density at radius 3 is 2.27 bits per heavy atom. The van der Waals surface area contributed by atoms with E-state index < -0.39 is 42.7 Å². The van der Waals surface area contributed by atoms with E-state index >= 15 is 0 Å². The molecule has 1 N–H and O–H groups in total. The summed E-state index contributed by atoms with van der Waals surface area (Å²) >= 11 is 12.1. The summed E-state index contributed by atoms with van der Waals surface area (Å²) in [6.07, 6.45) is -14.2. The van der Waals surface area contributed by atoms with Crippen molar-refractivity contribution in [2.75, 3.05) is 7.11 Å². The maximum Gasteiger partial charge on any atom is 0.416 e.